The van der Waals surface area contributed by atoms with E-state index < -0.39 is 0 Å². The summed E-state index contributed by atoms with van der Waals surface area (Å²) in [6, 6.07) is 15.7. The monoisotopic (exact) mass is 328 g/mol. The number of benzene rings is 2. The van der Waals surface area contributed by atoms with Crippen LogP contribution in [0.25, 0.3) is 0 Å². The molecule has 0 aromatic heterocycles. The molecule has 0 saturated carbocycles. The predicted molar refractivity (Wildman–Crippen MR) is 96.2 cm³/mol. The first-order chi connectivity index (χ1) is 11.2. The molecule has 0 unspecified atom stereocenters. The van der Waals surface area contributed by atoms with Gasteiger partial charge in [0, 0.05) is 10.6 Å². The Morgan fingerprint density at radius 2 is 2.04 bits per heavy atom. The van der Waals surface area contributed by atoms with Crippen molar-refractivity contribution in [1.29, 1.82) is 0 Å². The van der Waals surface area contributed by atoms with Gasteiger partial charge in [-0.3, -0.25) is 4.79 Å². The van der Waals surface area contributed by atoms with Gasteiger partial charge in [0.25, 0.3) is 5.91 Å². The summed E-state index contributed by atoms with van der Waals surface area (Å²) < 4.78 is 0. The maximum absolute atomic E-state index is 11.8. The lowest BCUT2D eigenvalue weighted by atomic mass is 10.1. The number of nitrogens with one attached hydrogen (secondary N) is 1. The molecule has 0 aliphatic rings. The zero-order valence-electron chi connectivity index (χ0n) is 13.3. The van der Waals surface area contributed by atoms with E-state index in [1.165, 1.54) is 5.56 Å². The van der Waals surface area contributed by atoms with Crippen LogP contribution in [-0.4, -0.2) is 25.0 Å². The first kappa shape index (κ1) is 17.1. The van der Waals surface area contributed by atoms with Crippen molar-refractivity contribution in [3.8, 4) is 0 Å². The zero-order valence-corrected chi connectivity index (χ0v) is 14.1. The number of hydrogen-bond acceptors (Lipinski definition) is 4. The average Bonchev–Trinajstić information content (AvgIpc) is 2.59. The topological polar surface area (TPSA) is 50.7 Å². The SMILES string of the molecule is CCc1ccc(/C=N\OCC(=O)Nc2cccc(SC)c2)cc1. The molecule has 0 fully saturated rings. The fourth-order valence-corrected chi connectivity index (χ4v) is 2.39. The molecular formula is C18H20N2O2S. The molecule has 1 amide bonds. The fourth-order valence-electron chi connectivity index (χ4n) is 1.93. The van der Waals surface area contributed by atoms with E-state index >= 15 is 0 Å². The van der Waals surface area contributed by atoms with Gasteiger partial charge in [0.1, 0.15) is 0 Å². The molecule has 2 aromatic rings. The summed E-state index contributed by atoms with van der Waals surface area (Å²) in [5.74, 6) is -0.235. The molecule has 0 aliphatic heterocycles. The molecular weight excluding hydrogens is 308 g/mol. The molecule has 0 radical (unpaired) electrons. The number of carbonyl (C=O) groups excluding carboxylic acids is 1. The van der Waals surface area contributed by atoms with Crippen LogP contribution in [0.3, 0.4) is 0 Å². The van der Waals surface area contributed by atoms with Crippen LogP contribution in [0.1, 0.15) is 18.1 Å². The van der Waals surface area contributed by atoms with Crippen molar-refractivity contribution in [1.82, 2.24) is 0 Å². The largest absolute Gasteiger partial charge is 0.386 e. The molecule has 2 rings (SSSR count). The number of amides is 1. The van der Waals surface area contributed by atoms with Gasteiger partial charge in [-0.25, -0.2) is 0 Å². The third kappa shape index (κ3) is 5.79. The van der Waals surface area contributed by atoms with Crippen LogP contribution in [0.2, 0.25) is 0 Å². The minimum absolute atomic E-state index is 0.118. The highest BCUT2D eigenvalue weighted by Gasteiger charge is 2.03. The third-order valence-electron chi connectivity index (χ3n) is 3.21. The normalized spacial score (nSPS) is 10.7. The summed E-state index contributed by atoms with van der Waals surface area (Å²) in [6.07, 6.45) is 4.60. The van der Waals surface area contributed by atoms with Crippen LogP contribution in [0.15, 0.2) is 58.6 Å². The van der Waals surface area contributed by atoms with Crippen molar-refractivity contribution in [3.63, 3.8) is 0 Å². The van der Waals surface area contributed by atoms with Crippen LogP contribution < -0.4 is 5.32 Å². The molecule has 1 N–H and O–H groups in total. The molecule has 5 heteroatoms. The predicted octanol–water partition coefficient (Wildman–Crippen LogP) is 3.96. The van der Waals surface area contributed by atoms with Crippen molar-refractivity contribution in [2.24, 2.45) is 5.16 Å². The molecule has 120 valence electrons. The summed E-state index contributed by atoms with van der Waals surface area (Å²) in [6.45, 7) is 1.99. The maximum Gasteiger partial charge on any atom is 0.265 e. The summed E-state index contributed by atoms with van der Waals surface area (Å²) >= 11 is 1.63. The van der Waals surface area contributed by atoms with Gasteiger partial charge in [0.2, 0.25) is 0 Å². The van der Waals surface area contributed by atoms with Crippen LogP contribution in [-0.2, 0) is 16.1 Å². The molecule has 23 heavy (non-hydrogen) atoms. The highest BCUT2D eigenvalue weighted by Crippen LogP contribution is 2.18. The first-order valence-corrected chi connectivity index (χ1v) is 8.62. The number of carbonyl (C=O) groups is 1. The Bertz CT molecular complexity index is 669. The third-order valence-corrected chi connectivity index (χ3v) is 3.94. The quantitative estimate of drug-likeness (QED) is 0.475. The lowest BCUT2D eigenvalue weighted by molar-refractivity contribution is -0.120. The number of thioether (sulfide) groups is 1. The summed E-state index contributed by atoms with van der Waals surface area (Å²) in [7, 11) is 0. The maximum atomic E-state index is 11.8. The van der Waals surface area contributed by atoms with Crippen molar-refractivity contribution in [3.05, 3.63) is 59.7 Å². The molecule has 0 heterocycles. The van der Waals surface area contributed by atoms with Gasteiger partial charge in [-0.05, 0) is 42.0 Å². The molecule has 0 saturated heterocycles. The smallest absolute Gasteiger partial charge is 0.265 e. The number of hydrogen-bond donors (Lipinski definition) is 1. The highest BCUT2D eigenvalue weighted by molar-refractivity contribution is 7.98. The summed E-state index contributed by atoms with van der Waals surface area (Å²) in [5.41, 5.74) is 2.97. The Hall–Kier alpha value is -2.27. The Kier molecular flexibility index (Phi) is 6.69. The zero-order chi connectivity index (χ0) is 16.5. The first-order valence-electron chi connectivity index (χ1n) is 7.39. The molecule has 0 bridgehead atoms. The summed E-state index contributed by atoms with van der Waals surface area (Å²) in [4.78, 5) is 17.9. The van der Waals surface area contributed by atoms with E-state index in [9.17, 15) is 4.79 Å². The molecule has 2 aromatic carbocycles. The Labute approximate surface area is 140 Å². The highest BCUT2D eigenvalue weighted by atomic mass is 32.2. The van der Waals surface area contributed by atoms with E-state index in [1.807, 2.05) is 54.8 Å². The van der Waals surface area contributed by atoms with Gasteiger partial charge in [-0.1, -0.05) is 42.4 Å². The Balaban J connectivity index is 1.78. The van der Waals surface area contributed by atoms with Crippen molar-refractivity contribution >= 4 is 29.6 Å². The van der Waals surface area contributed by atoms with Crippen LogP contribution >= 0.6 is 11.8 Å². The van der Waals surface area contributed by atoms with Gasteiger partial charge in [-0.2, -0.15) is 0 Å². The molecule has 0 spiro atoms. The van der Waals surface area contributed by atoms with Gasteiger partial charge in [-0.15, -0.1) is 11.8 Å². The molecule has 0 atom stereocenters. The second kappa shape index (κ2) is 9.00. The second-order valence-electron chi connectivity index (χ2n) is 4.88. The van der Waals surface area contributed by atoms with Gasteiger partial charge >= 0.3 is 0 Å². The Morgan fingerprint density at radius 3 is 2.74 bits per heavy atom. The standard InChI is InChI=1S/C18H20N2O2S/c1-3-14-7-9-15(10-8-14)12-19-22-13-18(21)20-16-5-4-6-17(11-16)23-2/h4-12H,3,13H2,1-2H3,(H,20,21)/b19-12-. The molecule has 4 nitrogen and oxygen atoms in total. The second-order valence-corrected chi connectivity index (χ2v) is 5.76. The van der Waals surface area contributed by atoms with E-state index in [2.05, 4.69) is 17.4 Å². The van der Waals surface area contributed by atoms with E-state index in [1.54, 1.807) is 18.0 Å². The average molecular weight is 328 g/mol. The van der Waals surface area contributed by atoms with Crippen molar-refractivity contribution < 1.29 is 9.63 Å². The summed E-state index contributed by atoms with van der Waals surface area (Å²) in [5, 5.41) is 6.60. The van der Waals surface area contributed by atoms with Crippen molar-refractivity contribution in [2.75, 3.05) is 18.2 Å². The number of aryl methyl sites for hydroxylation is 1. The van der Waals surface area contributed by atoms with Gasteiger partial charge < -0.3 is 10.2 Å². The van der Waals surface area contributed by atoms with Crippen LogP contribution in [0.5, 0.6) is 0 Å². The van der Waals surface area contributed by atoms with E-state index in [-0.39, 0.29) is 12.5 Å². The minimum Gasteiger partial charge on any atom is -0.386 e. The van der Waals surface area contributed by atoms with E-state index in [0.29, 0.717) is 0 Å². The lowest BCUT2D eigenvalue weighted by Crippen LogP contribution is -2.16. The number of nitrogens with zero attached hydrogens (tertiary/aromatic N) is 1. The minimum atomic E-state index is -0.235. The Morgan fingerprint density at radius 1 is 1.26 bits per heavy atom. The lowest BCUT2D eigenvalue weighted by Gasteiger charge is -2.05. The number of rotatable bonds is 7. The van der Waals surface area contributed by atoms with E-state index in [4.69, 9.17) is 4.84 Å². The van der Waals surface area contributed by atoms with Gasteiger partial charge in [0.05, 0.1) is 6.21 Å². The molecule has 0 aliphatic carbocycles. The van der Waals surface area contributed by atoms with Crippen LogP contribution in [0, 0.1) is 0 Å². The number of anilines is 1. The fraction of sp³-hybridized carbons (Fsp3) is 0.222. The van der Waals surface area contributed by atoms with E-state index in [0.717, 1.165) is 22.6 Å². The van der Waals surface area contributed by atoms with Crippen LogP contribution in [0.4, 0.5) is 5.69 Å². The van der Waals surface area contributed by atoms with Crippen molar-refractivity contribution in [2.45, 2.75) is 18.2 Å². The van der Waals surface area contributed by atoms with Gasteiger partial charge in [0.15, 0.2) is 6.61 Å². The number of oxime groups is 1.